The Kier molecular flexibility index (Phi) is 3.74. The smallest absolute Gasteiger partial charge is 0.124 e. The van der Waals surface area contributed by atoms with Crippen LogP contribution in [0.3, 0.4) is 0 Å². The van der Waals surface area contributed by atoms with E-state index in [0.29, 0.717) is 4.47 Å². The maximum absolute atomic E-state index is 12.9. The molecule has 1 aromatic carbocycles. The second-order valence-electron chi connectivity index (χ2n) is 3.78. The standard InChI is InChI=1S/C13H12BrFN2/c1-9(10-3-2-6-16-8-10)17-13-5-4-11(15)7-12(13)14/h2-9,17H,1H3. The number of anilines is 1. The molecule has 1 N–H and O–H groups in total. The van der Waals surface area contributed by atoms with E-state index in [9.17, 15) is 4.39 Å². The molecule has 88 valence electrons. The van der Waals surface area contributed by atoms with Gasteiger partial charge in [-0.15, -0.1) is 0 Å². The molecule has 1 atom stereocenters. The van der Waals surface area contributed by atoms with Gasteiger partial charge in [-0.25, -0.2) is 4.39 Å². The molecule has 0 saturated carbocycles. The average Bonchev–Trinajstić information content (AvgIpc) is 2.34. The van der Waals surface area contributed by atoms with Gasteiger partial charge in [0.05, 0.1) is 6.04 Å². The van der Waals surface area contributed by atoms with Gasteiger partial charge in [0, 0.05) is 22.6 Å². The van der Waals surface area contributed by atoms with E-state index in [1.54, 1.807) is 12.3 Å². The van der Waals surface area contributed by atoms with Crippen molar-refractivity contribution in [3.05, 3.63) is 58.6 Å². The minimum Gasteiger partial charge on any atom is -0.378 e. The number of benzene rings is 1. The van der Waals surface area contributed by atoms with E-state index in [1.807, 2.05) is 25.3 Å². The van der Waals surface area contributed by atoms with E-state index in [-0.39, 0.29) is 11.9 Å². The van der Waals surface area contributed by atoms with Crippen LogP contribution in [0.2, 0.25) is 0 Å². The third-order valence-electron chi connectivity index (χ3n) is 2.49. The second kappa shape index (κ2) is 5.27. The van der Waals surface area contributed by atoms with Crippen molar-refractivity contribution in [2.45, 2.75) is 13.0 Å². The van der Waals surface area contributed by atoms with Gasteiger partial charge < -0.3 is 5.32 Å². The molecule has 2 nitrogen and oxygen atoms in total. The number of nitrogens with one attached hydrogen (secondary N) is 1. The van der Waals surface area contributed by atoms with Crippen LogP contribution >= 0.6 is 15.9 Å². The third-order valence-corrected chi connectivity index (χ3v) is 3.14. The highest BCUT2D eigenvalue weighted by Gasteiger charge is 2.07. The summed E-state index contributed by atoms with van der Waals surface area (Å²) in [5.74, 6) is -0.253. The van der Waals surface area contributed by atoms with Crippen LogP contribution in [0.15, 0.2) is 47.2 Å². The number of pyridine rings is 1. The lowest BCUT2D eigenvalue weighted by atomic mass is 10.1. The molecule has 1 heterocycles. The zero-order valence-corrected chi connectivity index (χ0v) is 10.9. The quantitative estimate of drug-likeness (QED) is 0.919. The summed E-state index contributed by atoms with van der Waals surface area (Å²) in [6, 6.07) is 8.61. The summed E-state index contributed by atoms with van der Waals surface area (Å²) in [6.45, 7) is 2.03. The predicted octanol–water partition coefficient (Wildman–Crippen LogP) is 4.16. The van der Waals surface area contributed by atoms with Gasteiger partial charge in [0.1, 0.15) is 5.82 Å². The molecule has 0 amide bonds. The first-order chi connectivity index (χ1) is 8.16. The molecular formula is C13H12BrFN2. The number of aromatic nitrogens is 1. The summed E-state index contributed by atoms with van der Waals surface area (Å²) < 4.78 is 13.7. The highest BCUT2D eigenvalue weighted by Crippen LogP contribution is 2.26. The average molecular weight is 295 g/mol. The maximum atomic E-state index is 12.9. The van der Waals surface area contributed by atoms with Gasteiger partial charge in [-0.05, 0) is 52.7 Å². The van der Waals surface area contributed by atoms with E-state index in [2.05, 4.69) is 26.2 Å². The fourth-order valence-corrected chi connectivity index (χ4v) is 2.02. The van der Waals surface area contributed by atoms with Crippen LogP contribution in [0, 0.1) is 5.82 Å². The summed E-state index contributed by atoms with van der Waals surface area (Å²) in [6.07, 6.45) is 3.55. The second-order valence-corrected chi connectivity index (χ2v) is 4.63. The molecule has 0 fully saturated rings. The summed E-state index contributed by atoms with van der Waals surface area (Å²) in [4.78, 5) is 4.07. The number of hydrogen-bond donors (Lipinski definition) is 1. The van der Waals surface area contributed by atoms with Gasteiger partial charge >= 0.3 is 0 Å². The van der Waals surface area contributed by atoms with Crippen molar-refractivity contribution in [2.75, 3.05) is 5.32 Å². The first-order valence-corrected chi connectivity index (χ1v) is 6.07. The van der Waals surface area contributed by atoms with Crippen LogP contribution in [-0.4, -0.2) is 4.98 Å². The zero-order valence-electron chi connectivity index (χ0n) is 9.32. The molecule has 4 heteroatoms. The Balaban J connectivity index is 2.16. The molecule has 0 radical (unpaired) electrons. The molecule has 0 aliphatic heterocycles. The Morgan fingerprint density at radius 1 is 1.35 bits per heavy atom. The molecule has 1 aromatic heterocycles. The van der Waals surface area contributed by atoms with Crippen molar-refractivity contribution < 1.29 is 4.39 Å². The molecule has 1 unspecified atom stereocenters. The fraction of sp³-hybridized carbons (Fsp3) is 0.154. The van der Waals surface area contributed by atoms with Crippen LogP contribution in [0.4, 0.5) is 10.1 Å². The Morgan fingerprint density at radius 3 is 2.82 bits per heavy atom. The van der Waals surface area contributed by atoms with Crippen LogP contribution < -0.4 is 5.32 Å². The molecule has 0 saturated heterocycles. The molecular weight excluding hydrogens is 283 g/mol. The van der Waals surface area contributed by atoms with Gasteiger partial charge in [-0.3, -0.25) is 4.98 Å². The topological polar surface area (TPSA) is 24.9 Å². The van der Waals surface area contributed by atoms with Crippen molar-refractivity contribution >= 4 is 21.6 Å². The number of rotatable bonds is 3. The largest absolute Gasteiger partial charge is 0.378 e. The Bertz CT molecular complexity index is 502. The molecule has 0 aliphatic rings. The summed E-state index contributed by atoms with van der Waals surface area (Å²) in [5, 5.41) is 3.30. The highest BCUT2D eigenvalue weighted by molar-refractivity contribution is 9.10. The van der Waals surface area contributed by atoms with Gasteiger partial charge in [-0.2, -0.15) is 0 Å². The van der Waals surface area contributed by atoms with Crippen molar-refractivity contribution in [2.24, 2.45) is 0 Å². The number of hydrogen-bond acceptors (Lipinski definition) is 2. The minimum atomic E-state index is -0.253. The monoisotopic (exact) mass is 294 g/mol. The van der Waals surface area contributed by atoms with E-state index < -0.39 is 0 Å². The van der Waals surface area contributed by atoms with Crippen molar-refractivity contribution in [1.29, 1.82) is 0 Å². The minimum absolute atomic E-state index is 0.116. The van der Waals surface area contributed by atoms with Gasteiger partial charge in [0.2, 0.25) is 0 Å². The van der Waals surface area contributed by atoms with Gasteiger partial charge in [0.25, 0.3) is 0 Å². The van der Waals surface area contributed by atoms with E-state index >= 15 is 0 Å². The van der Waals surface area contributed by atoms with Crippen LogP contribution in [-0.2, 0) is 0 Å². The molecule has 2 aromatic rings. The SMILES string of the molecule is CC(Nc1ccc(F)cc1Br)c1cccnc1. The fourth-order valence-electron chi connectivity index (χ4n) is 1.56. The molecule has 2 rings (SSSR count). The first kappa shape index (κ1) is 12.0. The third kappa shape index (κ3) is 3.03. The Morgan fingerprint density at radius 2 is 2.18 bits per heavy atom. The Labute approximate surface area is 108 Å². The molecule has 0 spiro atoms. The van der Waals surface area contributed by atoms with Crippen LogP contribution in [0.25, 0.3) is 0 Å². The highest BCUT2D eigenvalue weighted by atomic mass is 79.9. The van der Waals surface area contributed by atoms with Gasteiger partial charge in [-0.1, -0.05) is 6.07 Å². The lowest BCUT2D eigenvalue weighted by Gasteiger charge is -2.16. The molecule has 17 heavy (non-hydrogen) atoms. The normalized spacial score (nSPS) is 12.2. The number of nitrogens with zero attached hydrogens (tertiary/aromatic N) is 1. The number of halogens is 2. The van der Waals surface area contributed by atoms with Crippen molar-refractivity contribution in [1.82, 2.24) is 4.98 Å². The maximum Gasteiger partial charge on any atom is 0.124 e. The lowest BCUT2D eigenvalue weighted by Crippen LogP contribution is -2.07. The van der Waals surface area contributed by atoms with E-state index in [1.165, 1.54) is 12.1 Å². The van der Waals surface area contributed by atoms with E-state index in [4.69, 9.17) is 0 Å². The van der Waals surface area contributed by atoms with Crippen LogP contribution in [0.5, 0.6) is 0 Å². The lowest BCUT2D eigenvalue weighted by molar-refractivity contribution is 0.627. The van der Waals surface area contributed by atoms with E-state index in [0.717, 1.165) is 11.3 Å². The summed E-state index contributed by atoms with van der Waals surface area (Å²) >= 11 is 3.33. The molecule has 0 bridgehead atoms. The van der Waals surface area contributed by atoms with Crippen molar-refractivity contribution in [3.63, 3.8) is 0 Å². The summed E-state index contributed by atoms with van der Waals surface area (Å²) in [5.41, 5.74) is 1.95. The van der Waals surface area contributed by atoms with Gasteiger partial charge in [0.15, 0.2) is 0 Å². The Hall–Kier alpha value is -1.42. The van der Waals surface area contributed by atoms with Crippen molar-refractivity contribution in [3.8, 4) is 0 Å². The first-order valence-electron chi connectivity index (χ1n) is 5.28. The predicted molar refractivity (Wildman–Crippen MR) is 70.4 cm³/mol. The zero-order chi connectivity index (χ0) is 12.3. The molecule has 0 aliphatic carbocycles. The van der Waals surface area contributed by atoms with Crippen LogP contribution in [0.1, 0.15) is 18.5 Å². The summed E-state index contributed by atoms with van der Waals surface area (Å²) in [7, 11) is 0.